The zero-order valence-electron chi connectivity index (χ0n) is 22.1. The lowest BCUT2D eigenvalue weighted by Gasteiger charge is -2.35. The molecule has 8 nitrogen and oxygen atoms in total. The highest BCUT2D eigenvalue weighted by Gasteiger charge is 2.28. The standard InChI is InChI=1S/C27H44N4O4/c1-6-14-31-16-19(2)25(34-5)17-30(4)26(32)23-15-22(12-13-24(23)35-18-20(31)3)29-27(33)28-21-10-8-7-9-11-21/h12-13,15,19-21,25H,6-11,14,16-18H2,1-5H3,(H2,28,29,33)/t19-,20+,25+/m1/s1. The molecule has 0 spiro atoms. The molecular weight excluding hydrogens is 444 g/mol. The van der Waals surface area contributed by atoms with Crippen LogP contribution < -0.4 is 15.4 Å². The molecule has 35 heavy (non-hydrogen) atoms. The highest BCUT2D eigenvalue weighted by molar-refractivity contribution is 5.99. The van der Waals surface area contributed by atoms with E-state index >= 15 is 0 Å². The molecule has 8 heteroatoms. The van der Waals surface area contributed by atoms with Crippen molar-refractivity contribution in [3.8, 4) is 5.75 Å². The maximum Gasteiger partial charge on any atom is 0.319 e. The van der Waals surface area contributed by atoms with Gasteiger partial charge in [0.2, 0.25) is 0 Å². The number of nitrogens with one attached hydrogen (secondary N) is 2. The van der Waals surface area contributed by atoms with Gasteiger partial charge in [-0.2, -0.15) is 0 Å². The average Bonchev–Trinajstić information content (AvgIpc) is 2.85. The van der Waals surface area contributed by atoms with Gasteiger partial charge in [0.1, 0.15) is 12.4 Å². The van der Waals surface area contributed by atoms with Crippen LogP contribution in [0, 0.1) is 5.92 Å². The SMILES string of the molecule is CCCN1C[C@@H](C)[C@@H](OC)CN(C)C(=O)c2cc(NC(=O)NC3CCCCC3)ccc2OC[C@@H]1C. The molecule has 0 saturated heterocycles. The number of fused-ring (bicyclic) bond motifs is 1. The first-order chi connectivity index (χ1) is 16.8. The molecule has 0 aromatic heterocycles. The van der Waals surface area contributed by atoms with Crippen LogP contribution in [0.15, 0.2) is 18.2 Å². The minimum absolute atomic E-state index is 0.0816. The number of amides is 3. The van der Waals surface area contributed by atoms with Crippen molar-refractivity contribution in [3.63, 3.8) is 0 Å². The van der Waals surface area contributed by atoms with Crippen LogP contribution in [-0.4, -0.2) is 80.3 Å². The van der Waals surface area contributed by atoms with Gasteiger partial charge in [-0.05, 0) is 56.8 Å². The molecule has 2 N–H and O–H groups in total. The number of methoxy groups -OCH3 is 1. The minimum atomic E-state index is -0.233. The van der Waals surface area contributed by atoms with Gasteiger partial charge in [0.25, 0.3) is 5.91 Å². The van der Waals surface area contributed by atoms with Gasteiger partial charge in [-0.25, -0.2) is 4.79 Å². The van der Waals surface area contributed by atoms with Crippen LogP contribution in [0.25, 0.3) is 0 Å². The first-order valence-corrected chi connectivity index (χ1v) is 13.2. The van der Waals surface area contributed by atoms with Gasteiger partial charge in [0.05, 0.1) is 11.7 Å². The van der Waals surface area contributed by atoms with E-state index < -0.39 is 0 Å². The summed E-state index contributed by atoms with van der Waals surface area (Å²) in [5.74, 6) is 0.634. The third kappa shape index (κ3) is 7.58. The van der Waals surface area contributed by atoms with Crippen LogP contribution in [0.3, 0.4) is 0 Å². The Hall–Kier alpha value is -2.32. The summed E-state index contributed by atoms with van der Waals surface area (Å²) < 4.78 is 12.0. The number of anilines is 1. The Morgan fingerprint density at radius 2 is 1.91 bits per heavy atom. The van der Waals surface area contributed by atoms with Crippen LogP contribution in [0.5, 0.6) is 5.75 Å². The Labute approximate surface area is 210 Å². The van der Waals surface area contributed by atoms with Gasteiger partial charge in [0, 0.05) is 45.0 Å². The van der Waals surface area contributed by atoms with Crippen molar-refractivity contribution in [2.75, 3.05) is 45.7 Å². The van der Waals surface area contributed by atoms with Crippen molar-refractivity contribution in [2.24, 2.45) is 5.92 Å². The molecule has 1 aromatic rings. The van der Waals surface area contributed by atoms with Crippen LogP contribution in [0.4, 0.5) is 10.5 Å². The number of carbonyl (C=O) groups is 2. The summed E-state index contributed by atoms with van der Waals surface area (Å²) in [7, 11) is 3.50. The molecule has 196 valence electrons. The van der Waals surface area contributed by atoms with Crippen molar-refractivity contribution in [1.82, 2.24) is 15.1 Å². The predicted octanol–water partition coefficient (Wildman–Crippen LogP) is 4.36. The Kier molecular flexibility index (Phi) is 10.2. The van der Waals surface area contributed by atoms with Crippen LogP contribution >= 0.6 is 0 Å². The molecule has 0 radical (unpaired) electrons. The number of hydrogen-bond donors (Lipinski definition) is 2. The number of ether oxygens (including phenoxy) is 2. The van der Waals surface area contributed by atoms with E-state index in [4.69, 9.17) is 9.47 Å². The topological polar surface area (TPSA) is 83.1 Å². The summed E-state index contributed by atoms with van der Waals surface area (Å²) >= 11 is 0. The molecule has 0 bridgehead atoms. The van der Waals surface area contributed by atoms with Gasteiger partial charge >= 0.3 is 6.03 Å². The van der Waals surface area contributed by atoms with Crippen LogP contribution in [0.1, 0.15) is 69.7 Å². The number of carbonyl (C=O) groups excluding carboxylic acids is 2. The second kappa shape index (κ2) is 13.1. The van der Waals surface area contributed by atoms with E-state index in [0.717, 1.165) is 45.2 Å². The van der Waals surface area contributed by atoms with Gasteiger partial charge in [-0.15, -0.1) is 0 Å². The molecule has 3 amide bonds. The zero-order chi connectivity index (χ0) is 25.4. The number of rotatable bonds is 5. The largest absolute Gasteiger partial charge is 0.491 e. The number of urea groups is 1. The first kappa shape index (κ1) is 27.3. The van der Waals surface area contributed by atoms with E-state index in [2.05, 4.69) is 36.3 Å². The predicted molar refractivity (Wildman–Crippen MR) is 139 cm³/mol. The van der Waals surface area contributed by atoms with E-state index in [1.54, 1.807) is 37.3 Å². The normalized spacial score (nSPS) is 25.1. The fourth-order valence-electron chi connectivity index (χ4n) is 5.13. The Morgan fingerprint density at radius 3 is 2.60 bits per heavy atom. The molecule has 0 unspecified atom stereocenters. The second-order valence-corrected chi connectivity index (χ2v) is 10.2. The summed E-state index contributed by atoms with van der Waals surface area (Å²) in [4.78, 5) is 30.2. The number of nitrogens with zero attached hydrogens (tertiary/aromatic N) is 2. The maximum atomic E-state index is 13.5. The average molecular weight is 489 g/mol. The van der Waals surface area contributed by atoms with E-state index in [9.17, 15) is 9.59 Å². The monoisotopic (exact) mass is 488 g/mol. The third-order valence-electron chi connectivity index (χ3n) is 7.28. The third-order valence-corrected chi connectivity index (χ3v) is 7.28. The van der Waals surface area contributed by atoms with Crippen LogP contribution in [-0.2, 0) is 4.74 Å². The molecule has 1 aromatic carbocycles. The fraction of sp³-hybridized carbons (Fsp3) is 0.704. The highest BCUT2D eigenvalue weighted by Crippen LogP contribution is 2.27. The number of hydrogen-bond acceptors (Lipinski definition) is 5. The smallest absolute Gasteiger partial charge is 0.319 e. The molecular formula is C27H44N4O4. The molecule has 2 aliphatic rings. The molecule has 1 heterocycles. The van der Waals surface area contributed by atoms with E-state index in [1.165, 1.54) is 6.42 Å². The Morgan fingerprint density at radius 1 is 1.17 bits per heavy atom. The molecule has 1 fully saturated rings. The van der Waals surface area contributed by atoms with Gasteiger partial charge in [0.15, 0.2) is 0 Å². The van der Waals surface area contributed by atoms with Crippen LogP contribution in [0.2, 0.25) is 0 Å². The molecule has 1 aliphatic carbocycles. The maximum absolute atomic E-state index is 13.5. The van der Waals surface area contributed by atoms with Crippen molar-refractivity contribution in [3.05, 3.63) is 23.8 Å². The zero-order valence-corrected chi connectivity index (χ0v) is 22.1. The summed E-state index contributed by atoms with van der Waals surface area (Å²) in [6.45, 7) is 9.33. The lowest BCUT2D eigenvalue weighted by molar-refractivity contribution is 0.0108. The van der Waals surface area contributed by atoms with Crippen molar-refractivity contribution < 1.29 is 19.1 Å². The summed E-state index contributed by atoms with van der Waals surface area (Å²) in [6, 6.07) is 5.48. The quantitative estimate of drug-likeness (QED) is 0.644. The summed E-state index contributed by atoms with van der Waals surface area (Å²) in [5.41, 5.74) is 1.02. The summed E-state index contributed by atoms with van der Waals surface area (Å²) in [5, 5.41) is 5.98. The van der Waals surface area contributed by atoms with Crippen molar-refractivity contribution >= 4 is 17.6 Å². The molecule has 1 saturated carbocycles. The van der Waals surface area contributed by atoms with Crippen molar-refractivity contribution in [1.29, 1.82) is 0 Å². The van der Waals surface area contributed by atoms with Crippen molar-refractivity contribution in [2.45, 2.75) is 77.5 Å². The van der Waals surface area contributed by atoms with Gasteiger partial charge in [-0.3, -0.25) is 9.69 Å². The first-order valence-electron chi connectivity index (χ1n) is 13.2. The lowest BCUT2D eigenvalue weighted by atomic mass is 9.96. The van der Waals surface area contributed by atoms with Gasteiger partial charge in [-0.1, -0.05) is 33.1 Å². The highest BCUT2D eigenvalue weighted by atomic mass is 16.5. The molecule has 3 atom stereocenters. The number of likely N-dealkylation sites (N-methyl/N-ethyl adjacent to an activating group) is 1. The Bertz CT molecular complexity index is 842. The van der Waals surface area contributed by atoms with E-state index in [-0.39, 0.29) is 36.0 Å². The molecule has 1 aliphatic heterocycles. The number of benzene rings is 1. The Balaban J connectivity index is 1.82. The second-order valence-electron chi connectivity index (χ2n) is 10.2. The van der Waals surface area contributed by atoms with E-state index in [0.29, 0.717) is 30.2 Å². The lowest BCUT2D eigenvalue weighted by Crippen LogP contribution is -2.46. The molecule has 3 rings (SSSR count). The van der Waals surface area contributed by atoms with Gasteiger partial charge < -0.3 is 25.0 Å². The minimum Gasteiger partial charge on any atom is -0.491 e. The fourth-order valence-corrected chi connectivity index (χ4v) is 5.13. The summed E-state index contributed by atoms with van der Waals surface area (Å²) in [6.07, 6.45) is 6.54. The van der Waals surface area contributed by atoms with E-state index in [1.807, 2.05) is 0 Å².